The van der Waals surface area contributed by atoms with Crippen molar-refractivity contribution >= 4 is 17.6 Å². The van der Waals surface area contributed by atoms with Gasteiger partial charge in [-0.15, -0.1) is 0 Å². The number of pyridine rings is 1. The van der Waals surface area contributed by atoms with E-state index in [1.807, 2.05) is 13.0 Å². The Hall–Kier alpha value is -3.21. The van der Waals surface area contributed by atoms with Crippen LogP contribution in [-0.4, -0.2) is 32.7 Å². The van der Waals surface area contributed by atoms with Crippen LogP contribution in [0.15, 0.2) is 18.3 Å². The van der Waals surface area contributed by atoms with Crippen LogP contribution < -0.4 is 10.6 Å². The molecule has 8 heteroatoms. The first-order valence-electron chi connectivity index (χ1n) is 8.91. The van der Waals surface area contributed by atoms with Crippen molar-refractivity contribution in [2.45, 2.75) is 40.0 Å². The molecule has 0 spiro atoms. The van der Waals surface area contributed by atoms with Gasteiger partial charge in [0.2, 0.25) is 0 Å². The van der Waals surface area contributed by atoms with Gasteiger partial charge in [0.25, 0.3) is 0 Å². The molecule has 0 aliphatic heterocycles. The number of hydrogen-bond acceptors (Lipinski definition) is 6. The van der Waals surface area contributed by atoms with E-state index in [0.717, 1.165) is 35.6 Å². The summed E-state index contributed by atoms with van der Waals surface area (Å²) in [5.41, 5.74) is 3.45. The largest absolute Gasteiger partial charge is 0.465 e. The molecule has 27 heavy (non-hydrogen) atoms. The van der Waals surface area contributed by atoms with Gasteiger partial charge >= 0.3 is 6.09 Å². The molecule has 0 bridgehead atoms. The standard InChI is InChI=1S/C19H24N6O2/c1-4-15-16(9-12(2)3)25-18(17(11-20)24-15)23-14-6-7-21-13(10-14)5-8-22-19(26)27/h6-7,10,12,22H,4-5,8-9H2,1-3H3,(H,26,27)(H,21,23,25). The summed E-state index contributed by atoms with van der Waals surface area (Å²) in [6.07, 6.45) is 2.55. The number of nitrogens with one attached hydrogen (secondary N) is 2. The van der Waals surface area contributed by atoms with Gasteiger partial charge < -0.3 is 15.7 Å². The van der Waals surface area contributed by atoms with E-state index < -0.39 is 6.09 Å². The van der Waals surface area contributed by atoms with E-state index in [4.69, 9.17) is 5.11 Å². The van der Waals surface area contributed by atoms with Gasteiger partial charge in [-0.2, -0.15) is 5.26 Å². The van der Waals surface area contributed by atoms with E-state index in [2.05, 4.69) is 45.5 Å². The first kappa shape index (κ1) is 20.1. The van der Waals surface area contributed by atoms with E-state index in [1.54, 1.807) is 12.3 Å². The van der Waals surface area contributed by atoms with Gasteiger partial charge in [-0.05, 0) is 30.9 Å². The summed E-state index contributed by atoms with van der Waals surface area (Å²) in [5, 5.41) is 23.5. The van der Waals surface area contributed by atoms with Crippen molar-refractivity contribution in [1.29, 1.82) is 5.26 Å². The molecule has 0 unspecified atom stereocenters. The summed E-state index contributed by atoms with van der Waals surface area (Å²) < 4.78 is 0. The van der Waals surface area contributed by atoms with E-state index >= 15 is 0 Å². The molecule has 3 N–H and O–H groups in total. The lowest BCUT2D eigenvalue weighted by Crippen LogP contribution is -2.23. The molecular weight excluding hydrogens is 344 g/mol. The maximum Gasteiger partial charge on any atom is 0.404 e. The van der Waals surface area contributed by atoms with Crippen LogP contribution in [0.5, 0.6) is 0 Å². The summed E-state index contributed by atoms with van der Waals surface area (Å²) in [5.74, 6) is 0.853. The molecule has 0 fully saturated rings. The van der Waals surface area contributed by atoms with Crippen LogP contribution in [0.25, 0.3) is 0 Å². The van der Waals surface area contributed by atoms with E-state index in [1.165, 1.54) is 0 Å². The third-order valence-electron chi connectivity index (χ3n) is 3.83. The number of carboxylic acid groups (broad SMARTS) is 1. The van der Waals surface area contributed by atoms with Crippen LogP contribution in [0, 0.1) is 17.2 Å². The number of anilines is 2. The second-order valence-electron chi connectivity index (χ2n) is 6.52. The zero-order valence-corrected chi connectivity index (χ0v) is 15.8. The van der Waals surface area contributed by atoms with Crippen LogP contribution in [0.4, 0.5) is 16.3 Å². The van der Waals surface area contributed by atoms with E-state index in [9.17, 15) is 10.1 Å². The first-order valence-corrected chi connectivity index (χ1v) is 8.91. The molecule has 0 atom stereocenters. The fraction of sp³-hybridized carbons (Fsp3) is 0.421. The Balaban J connectivity index is 2.25. The monoisotopic (exact) mass is 368 g/mol. The Morgan fingerprint density at radius 3 is 2.74 bits per heavy atom. The van der Waals surface area contributed by atoms with Gasteiger partial charge in [-0.25, -0.2) is 14.8 Å². The van der Waals surface area contributed by atoms with Crippen molar-refractivity contribution in [2.75, 3.05) is 11.9 Å². The zero-order chi connectivity index (χ0) is 19.8. The topological polar surface area (TPSA) is 124 Å². The third kappa shape index (κ3) is 5.92. The molecule has 0 aromatic carbocycles. The van der Waals surface area contributed by atoms with Crippen molar-refractivity contribution in [1.82, 2.24) is 20.3 Å². The number of rotatable bonds is 8. The number of nitriles is 1. The minimum Gasteiger partial charge on any atom is -0.465 e. The summed E-state index contributed by atoms with van der Waals surface area (Å²) in [4.78, 5) is 23.9. The van der Waals surface area contributed by atoms with Crippen LogP contribution in [0.3, 0.4) is 0 Å². The van der Waals surface area contributed by atoms with Gasteiger partial charge in [0.05, 0.1) is 11.4 Å². The van der Waals surface area contributed by atoms with Gasteiger partial charge in [0, 0.05) is 30.5 Å². The quantitative estimate of drug-likeness (QED) is 0.654. The van der Waals surface area contributed by atoms with Gasteiger partial charge in [0.15, 0.2) is 11.5 Å². The highest BCUT2D eigenvalue weighted by Gasteiger charge is 2.14. The van der Waals surface area contributed by atoms with Crippen molar-refractivity contribution in [2.24, 2.45) is 5.92 Å². The molecule has 2 rings (SSSR count). The lowest BCUT2D eigenvalue weighted by atomic mass is 10.1. The first-order chi connectivity index (χ1) is 12.9. The summed E-state index contributed by atoms with van der Waals surface area (Å²) >= 11 is 0. The molecule has 2 aromatic rings. The smallest absolute Gasteiger partial charge is 0.404 e. The minimum absolute atomic E-state index is 0.255. The number of carbonyl (C=O) groups is 1. The molecule has 142 valence electrons. The Labute approximate surface area is 158 Å². The lowest BCUT2D eigenvalue weighted by molar-refractivity contribution is 0.194. The lowest BCUT2D eigenvalue weighted by Gasteiger charge is -2.14. The average Bonchev–Trinajstić information content (AvgIpc) is 2.61. The SMILES string of the molecule is CCc1nc(C#N)c(Nc2ccnc(CCNC(=O)O)c2)nc1CC(C)C. The highest BCUT2D eigenvalue weighted by Crippen LogP contribution is 2.21. The Kier molecular flexibility index (Phi) is 7.06. The van der Waals surface area contributed by atoms with Crippen molar-refractivity contribution < 1.29 is 9.90 Å². The van der Waals surface area contributed by atoms with Crippen molar-refractivity contribution in [3.63, 3.8) is 0 Å². The summed E-state index contributed by atoms with van der Waals surface area (Å²) in [7, 11) is 0. The maximum absolute atomic E-state index is 10.5. The predicted molar refractivity (Wildman–Crippen MR) is 102 cm³/mol. The molecule has 0 radical (unpaired) electrons. The molecule has 0 saturated carbocycles. The number of aryl methyl sites for hydroxylation is 1. The van der Waals surface area contributed by atoms with E-state index in [-0.39, 0.29) is 12.2 Å². The number of aromatic nitrogens is 3. The van der Waals surface area contributed by atoms with Gasteiger partial charge in [-0.3, -0.25) is 4.98 Å². The van der Waals surface area contributed by atoms with Gasteiger partial charge in [0.1, 0.15) is 6.07 Å². The van der Waals surface area contributed by atoms with Crippen molar-refractivity contribution in [3.8, 4) is 6.07 Å². The fourth-order valence-corrected chi connectivity index (χ4v) is 2.63. The van der Waals surface area contributed by atoms with Crippen LogP contribution >= 0.6 is 0 Å². The highest BCUT2D eigenvalue weighted by atomic mass is 16.4. The molecule has 1 amide bonds. The number of hydrogen-bond donors (Lipinski definition) is 3. The van der Waals surface area contributed by atoms with Crippen LogP contribution in [-0.2, 0) is 19.3 Å². The number of amides is 1. The molecule has 2 aromatic heterocycles. The Morgan fingerprint density at radius 2 is 2.11 bits per heavy atom. The van der Waals surface area contributed by atoms with E-state index in [0.29, 0.717) is 18.2 Å². The molecule has 8 nitrogen and oxygen atoms in total. The van der Waals surface area contributed by atoms with Crippen LogP contribution in [0.1, 0.15) is 43.5 Å². The average molecular weight is 368 g/mol. The predicted octanol–water partition coefficient (Wildman–Crippen LogP) is 3.06. The minimum atomic E-state index is -1.06. The normalized spacial score (nSPS) is 10.5. The summed E-state index contributed by atoms with van der Waals surface area (Å²) in [6, 6.07) is 5.68. The second-order valence-corrected chi connectivity index (χ2v) is 6.52. The third-order valence-corrected chi connectivity index (χ3v) is 3.83. The van der Waals surface area contributed by atoms with Crippen LogP contribution in [0.2, 0.25) is 0 Å². The molecule has 0 aliphatic rings. The Bertz CT molecular complexity index is 845. The second kappa shape index (κ2) is 9.48. The highest BCUT2D eigenvalue weighted by molar-refractivity contribution is 5.64. The molecular formula is C19H24N6O2. The Morgan fingerprint density at radius 1 is 1.33 bits per heavy atom. The molecule has 0 saturated heterocycles. The zero-order valence-electron chi connectivity index (χ0n) is 15.8. The molecule has 0 aliphatic carbocycles. The van der Waals surface area contributed by atoms with Crippen molar-refractivity contribution in [3.05, 3.63) is 41.1 Å². The van der Waals surface area contributed by atoms with Gasteiger partial charge in [-0.1, -0.05) is 20.8 Å². The fourth-order valence-electron chi connectivity index (χ4n) is 2.63. The maximum atomic E-state index is 10.5. The molecule has 2 heterocycles. The number of nitrogens with zero attached hydrogens (tertiary/aromatic N) is 4. The summed E-state index contributed by atoms with van der Waals surface area (Å²) in [6.45, 7) is 6.51.